The molecule has 6 heteroatoms. The van der Waals surface area contributed by atoms with E-state index < -0.39 is 0 Å². The van der Waals surface area contributed by atoms with Crippen LogP contribution in [0.4, 0.5) is 0 Å². The van der Waals surface area contributed by atoms with Crippen LogP contribution in [-0.2, 0) is 0 Å². The van der Waals surface area contributed by atoms with Gasteiger partial charge < -0.3 is 5.32 Å². The molecule has 0 amide bonds. The minimum absolute atomic E-state index is 0.530. The highest BCUT2D eigenvalue weighted by molar-refractivity contribution is 7.80. The Kier molecular flexibility index (Phi) is 13.6. The molecule has 0 saturated carbocycles. The van der Waals surface area contributed by atoms with Crippen molar-refractivity contribution in [3.8, 4) is 0 Å². The van der Waals surface area contributed by atoms with Gasteiger partial charge in [0, 0.05) is 17.1 Å². The number of benzene rings is 1. The Hall–Kier alpha value is -0.840. The number of hydrogen-bond donors (Lipinski definition) is 2. The van der Waals surface area contributed by atoms with E-state index in [1.54, 1.807) is 18.3 Å². The summed E-state index contributed by atoms with van der Waals surface area (Å²) in [5.41, 5.74) is 3.60. The number of rotatable bonds is 13. The van der Waals surface area contributed by atoms with Crippen molar-refractivity contribution in [2.75, 3.05) is 6.54 Å². The highest BCUT2D eigenvalue weighted by atomic mass is 35.5. The third-order valence-electron chi connectivity index (χ3n) is 4.15. The second-order valence-electron chi connectivity index (χ2n) is 6.47. The summed E-state index contributed by atoms with van der Waals surface area (Å²) in [6.45, 7) is 3.14. The first-order valence-electron chi connectivity index (χ1n) is 9.65. The second kappa shape index (κ2) is 15.2. The van der Waals surface area contributed by atoms with E-state index >= 15 is 0 Å². The van der Waals surface area contributed by atoms with Crippen molar-refractivity contribution >= 4 is 46.7 Å². The minimum Gasteiger partial charge on any atom is -0.361 e. The molecule has 0 radical (unpaired) electrons. The molecule has 1 aromatic carbocycles. The molecular weight excluding hydrogens is 385 g/mol. The SMILES string of the molecule is CCCCCCCCCCCCNC(=S)N/N=C\c1ccc(Cl)cc1Cl. The van der Waals surface area contributed by atoms with Gasteiger partial charge in [-0.2, -0.15) is 5.10 Å². The van der Waals surface area contributed by atoms with Gasteiger partial charge in [-0.1, -0.05) is 94.0 Å². The second-order valence-corrected chi connectivity index (χ2v) is 7.73. The molecule has 0 atom stereocenters. The van der Waals surface area contributed by atoms with E-state index in [-0.39, 0.29) is 0 Å². The Morgan fingerprint density at radius 3 is 2.23 bits per heavy atom. The molecule has 0 aliphatic heterocycles. The maximum atomic E-state index is 6.08. The third-order valence-corrected chi connectivity index (χ3v) is 4.95. The van der Waals surface area contributed by atoms with Crippen molar-refractivity contribution in [1.29, 1.82) is 0 Å². The summed E-state index contributed by atoms with van der Waals surface area (Å²) in [6, 6.07) is 5.28. The quantitative estimate of drug-likeness (QED) is 0.162. The van der Waals surface area contributed by atoms with E-state index in [4.69, 9.17) is 35.4 Å². The number of hydrazone groups is 1. The van der Waals surface area contributed by atoms with Gasteiger partial charge in [-0.25, -0.2) is 0 Å². The zero-order chi connectivity index (χ0) is 19.0. The normalized spacial score (nSPS) is 11.0. The molecule has 0 heterocycles. The van der Waals surface area contributed by atoms with Crippen LogP contribution >= 0.6 is 35.4 Å². The van der Waals surface area contributed by atoms with Gasteiger partial charge in [0.1, 0.15) is 0 Å². The van der Waals surface area contributed by atoms with E-state index in [1.165, 1.54) is 57.8 Å². The van der Waals surface area contributed by atoms with Crippen molar-refractivity contribution in [2.24, 2.45) is 5.10 Å². The van der Waals surface area contributed by atoms with Crippen molar-refractivity contribution in [1.82, 2.24) is 10.7 Å². The Balaban J connectivity index is 1.99. The molecule has 1 aromatic rings. The van der Waals surface area contributed by atoms with Crippen LogP contribution < -0.4 is 10.7 Å². The lowest BCUT2D eigenvalue weighted by Gasteiger charge is -2.07. The molecule has 2 N–H and O–H groups in total. The fourth-order valence-electron chi connectivity index (χ4n) is 2.62. The topological polar surface area (TPSA) is 36.4 Å². The van der Waals surface area contributed by atoms with Crippen molar-refractivity contribution in [2.45, 2.75) is 71.1 Å². The van der Waals surface area contributed by atoms with E-state index in [2.05, 4.69) is 22.8 Å². The monoisotopic (exact) mass is 415 g/mol. The number of nitrogens with zero attached hydrogens (tertiary/aromatic N) is 1. The summed E-state index contributed by atoms with van der Waals surface area (Å²) < 4.78 is 0. The largest absolute Gasteiger partial charge is 0.361 e. The van der Waals surface area contributed by atoms with Gasteiger partial charge >= 0.3 is 0 Å². The fraction of sp³-hybridized carbons (Fsp3) is 0.600. The van der Waals surface area contributed by atoms with Crippen LogP contribution in [0.1, 0.15) is 76.7 Å². The zero-order valence-electron chi connectivity index (χ0n) is 15.7. The summed E-state index contributed by atoms with van der Waals surface area (Å²) in [6.07, 6.45) is 14.9. The van der Waals surface area contributed by atoms with Crippen molar-refractivity contribution in [3.05, 3.63) is 33.8 Å². The molecule has 0 unspecified atom stereocenters. The van der Waals surface area contributed by atoms with E-state index in [0.717, 1.165) is 18.5 Å². The highest BCUT2D eigenvalue weighted by Crippen LogP contribution is 2.19. The molecule has 0 saturated heterocycles. The number of nitrogens with one attached hydrogen (secondary N) is 2. The molecule has 0 aromatic heterocycles. The molecule has 26 heavy (non-hydrogen) atoms. The lowest BCUT2D eigenvalue weighted by atomic mass is 10.1. The van der Waals surface area contributed by atoms with Gasteiger partial charge in [-0.05, 0) is 30.8 Å². The molecule has 3 nitrogen and oxygen atoms in total. The smallest absolute Gasteiger partial charge is 0.186 e. The number of thiocarbonyl (C=S) groups is 1. The zero-order valence-corrected chi connectivity index (χ0v) is 18.0. The third kappa shape index (κ3) is 11.7. The summed E-state index contributed by atoms with van der Waals surface area (Å²) in [7, 11) is 0. The predicted molar refractivity (Wildman–Crippen MR) is 120 cm³/mol. The van der Waals surface area contributed by atoms with Crippen LogP contribution in [0, 0.1) is 0 Å². The van der Waals surface area contributed by atoms with Crippen LogP contribution in [0.3, 0.4) is 0 Å². The van der Waals surface area contributed by atoms with Gasteiger partial charge in [0.15, 0.2) is 5.11 Å². The summed E-state index contributed by atoms with van der Waals surface area (Å²) in [5, 5.41) is 8.96. The maximum Gasteiger partial charge on any atom is 0.186 e. The fourth-order valence-corrected chi connectivity index (χ4v) is 3.23. The van der Waals surface area contributed by atoms with Gasteiger partial charge in [0.25, 0.3) is 0 Å². The number of unbranched alkanes of at least 4 members (excludes halogenated alkanes) is 9. The highest BCUT2D eigenvalue weighted by Gasteiger charge is 1.98. The van der Waals surface area contributed by atoms with Crippen molar-refractivity contribution in [3.63, 3.8) is 0 Å². The van der Waals surface area contributed by atoms with Crippen molar-refractivity contribution < 1.29 is 0 Å². The Labute approximate surface area is 173 Å². The summed E-state index contributed by atoms with van der Waals surface area (Å²) >= 11 is 17.1. The molecule has 146 valence electrons. The first-order valence-corrected chi connectivity index (χ1v) is 10.8. The maximum absolute atomic E-state index is 6.08. The number of halogens is 2. The lowest BCUT2D eigenvalue weighted by molar-refractivity contribution is 0.554. The molecule has 0 spiro atoms. The Bertz CT molecular complexity index is 550. The van der Waals surface area contributed by atoms with Crippen LogP contribution in [0.2, 0.25) is 10.0 Å². The molecule has 1 rings (SSSR count). The van der Waals surface area contributed by atoms with Gasteiger partial charge in [-0.3, -0.25) is 5.43 Å². The molecular formula is C20H31Cl2N3S. The Morgan fingerprint density at radius 1 is 1.00 bits per heavy atom. The lowest BCUT2D eigenvalue weighted by Crippen LogP contribution is -2.32. The van der Waals surface area contributed by atoms with Gasteiger partial charge in [0.05, 0.1) is 11.2 Å². The molecule has 0 fully saturated rings. The molecule has 0 aliphatic carbocycles. The van der Waals surface area contributed by atoms with Crippen LogP contribution in [0.5, 0.6) is 0 Å². The van der Waals surface area contributed by atoms with Crippen LogP contribution in [-0.4, -0.2) is 17.9 Å². The van der Waals surface area contributed by atoms with Crippen LogP contribution in [0.15, 0.2) is 23.3 Å². The number of hydrogen-bond acceptors (Lipinski definition) is 2. The molecule has 0 aliphatic rings. The summed E-state index contributed by atoms with van der Waals surface area (Å²) in [5.74, 6) is 0. The van der Waals surface area contributed by atoms with E-state index in [9.17, 15) is 0 Å². The summed E-state index contributed by atoms with van der Waals surface area (Å²) in [4.78, 5) is 0. The average Bonchev–Trinajstić information content (AvgIpc) is 2.61. The average molecular weight is 416 g/mol. The van der Waals surface area contributed by atoms with Gasteiger partial charge in [-0.15, -0.1) is 0 Å². The molecule has 0 bridgehead atoms. The predicted octanol–water partition coefficient (Wildman–Crippen LogP) is 6.71. The Morgan fingerprint density at radius 2 is 1.62 bits per heavy atom. The first kappa shape index (κ1) is 23.2. The van der Waals surface area contributed by atoms with Crippen LogP contribution in [0.25, 0.3) is 0 Å². The minimum atomic E-state index is 0.530. The standard InChI is InChI=1S/C20H31Cl2N3S/c1-2-3-4-5-6-7-8-9-10-11-14-23-20(26)25-24-16-17-12-13-18(21)15-19(17)22/h12-13,15-16H,2-11,14H2,1H3,(H2,23,25,26)/b24-16-. The first-order chi connectivity index (χ1) is 12.6. The van der Waals surface area contributed by atoms with E-state index in [1.807, 2.05) is 6.07 Å². The van der Waals surface area contributed by atoms with Gasteiger partial charge in [0.2, 0.25) is 0 Å². The van der Waals surface area contributed by atoms with E-state index in [0.29, 0.717) is 15.2 Å².